The molecule has 0 bridgehead atoms. The van der Waals surface area contributed by atoms with Gasteiger partial charge in [-0.05, 0) is 122 Å². The Kier molecular flexibility index (Phi) is 14.3. The molecule has 11 rings (SSSR count). The number of hydrogen-bond acceptors (Lipinski definition) is 0. The van der Waals surface area contributed by atoms with Gasteiger partial charge in [0.25, 0.3) is 0 Å². The molecule has 0 amide bonds. The highest BCUT2D eigenvalue weighted by molar-refractivity contribution is 7.59. The van der Waals surface area contributed by atoms with Crippen LogP contribution in [-0.2, 0) is 0 Å². The van der Waals surface area contributed by atoms with Crippen molar-refractivity contribution < 1.29 is 0 Å². The third-order valence-corrected chi connectivity index (χ3v) is 13.2. The Morgan fingerprint density at radius 1 is 0.391 bits per heavy atom. The third kappa shape index (κ3) is 8.98. The van der Waals surface area contributed by atoms with Crippen molar-refractivity contribution in [2.24, 2.45) is 5.92 Å². The van der Waals surface area contributed by atoms with Gasteiger partial charge in [0.2, 0.25) is 0 Å². The zero-order chi connectivity index (χ0) is 46.2. The van der Waals surface area contributed by atoms with E-state index in [1.165, 1.54) is 104 Å². The molecule has 69 heavy (non-hydrogen) atoms. The maximum absolute atomic E-state index is 4.15. The van der Waals surface area contributed by atoms with Gasteiger partial charge >= 0.3 is 0 Å². The molecule has 10 aromatic rings. The summed E-state index contributed by atoms with van der Waals surface area (Å²) < 4.78 is 0. The van der Waals surface area contributed by atoms with Crippen LogP contribution in [-0.4, -0.2) is 0 Å². The quantitative estimate of drug-likeness (QED) is 0.0947. The molecule has 0 nitrogen and oxygen atoms in total. The number of fused-ring (bicyclic) bond motifs is 4. The van der Waals surface area contributed by atoms with E-state index in [1.807, 2.05) is 19.9 Å². The van der Waals surface area contributed by atoms with Crippen molar-refractivity contribution >= 4 is 62.2 Å². The van der Waals surface area contributed by atoms with E-state index in [0.29, 0.717) is 5.92 Å². The van der Waals surface area contributed by atoms with E-state index < -0.39 is 0 Å². The first-order valence-electron chi connectivity index (χ1n) is 24.0. The first-order valence-corrected chi connectivity index (χ1v) is 24.0. The van der Waals surface area contributed by atoms with Crippen LogP contribution in [0.2, 0.25) is 0 Å². The normalized spacial score (nSPS) is 12.6. The summed E-state index contributed by atoms with van der Waals surface area (Å²) in [6.45, 7) is 8.15. The SMILES string of the molecule is C=C/C=C(\C=C/CC1C=CC=CC=C1)c1ccccc1-c1c2ccccc2c(-c2c3ccccc3c(-c3ccccc3-c3ccc(-c4ccccc4)cc3)c3ccccc23)c2ccccc12.CC.S. The smallest absolute Gasteiger partial charge is 0.00126 e. The molecular weight excluding hydrogens is 849 g/mol. The van der Waals surface area contributed by atoms with Crippen LogP contribution in [0.15, 0.2) is 268 Å². The summed E-state index contributed by atoms with van der Waals surface area (Å²) in [5.74, 6) is 0.352. The van der Waals surface area contributed by atoms with Crippen molar-refractivity contribution in [2.45, 2.75) is 20.3 Å². The number of allylic oxidation sites excluding steroid dienone is 11. The molecule has 1 heteroatoms. The van der Waals surface area contributed by atoms with Crippen LogP contribution in [0.1, 0.15) is 25.8 Å². The molecule has 0 atom stereocenters. The second-order valence-electron chi connectivity index (χ2n) is 17.0. The van der Waals surface area contributed by atoms with Crippen LogP contribution in [0.5, 0.6) is 0 Å². The van der Waals surface area contributed by atoms with E-state index in [0.717, 1.165) is 12.0 Å². The lowest BCUT2D eigenvalue weighted by molar-refractivity contribution is 0.834. The Balaban J connectivity index is 0.00000195. The number of hydrogen-bond donors (Lipinski definition) is 0. The van der Waals surface area contributed by atoms with Crippen molar-refractivity contribution in [3.63, 3.8) is 0 Å². The van der Waals surface area contributed by atoms with E-state index in [9.17, 15) is 0 Å². The van der Waals surface area contributed by atoms with Crippen LogP contribution in [0, 0.1) is 5.92 Å². The van der Waals surface area contributed by atoms with Gasteiger partial charge in [-0.25, -0.2) is 0 Å². The zero-order valence-corrected chi connectivity index (χ0v) is 40.3. The van der Waals surface area contributed by atoms with Crippen molar-refractivity contribution in [1.82, 2.24) is 0 Å². The number of rotatable bonds is 10. The molecule has 1 aliphatic rings. The van der Waals surface area contributed by atoms with Gasteiger partial charge in [0.15, 0.2) is 0 Å². The van der Waals surface area contributed by atoms with E-state index in [2.05, 4.69) is 261 Å². The molecule has 1 aliphatic carbocycles. The molecule has 0 aromatic heterocycles. The molecule has 0 spiro atoms. The molecule has 0 radical (unpaired) electrons. The average Bonchev–Trinajstić information content (AvgIpc) is 3.69. The second kappa shape index (κ2) is 21.3. The summed E-state index contributed by atoms with van der Waals surface area (Å²) >= 11 is 0. The largest absolute Gasteiger partial charge is 0.197 e. The van der Waals surface area contributed by atoms with Gasteiger partial charge < -0.3 is 0 Å². The predicted octanol–water partition coefficient (Wildman–Crippen LogP) is 19.6. The first kappa shape index (κ1) is 46.2. The third-order valence-electron chi connectivity index (χ3n) is 13.2. The maximum atomic E-state index is 4.15. The minimum atomic E-state index is 0. The van der Waals surface area contributed by atoms with Crippen LogP contribution < -0.4 is 0 Å². The van der Waals surface area contributed by atoms with Gasteiger partial charge in [-0.1, -0.05) is 281 Å². The van der Waals surface area contributed by atoms with Gasteiger partial charge in [-0.3, -0.25) is 0 Å². The minimum absolute atomic E-state index is 0. The summed E-state index contributed by atoms with van der Waals surface area (Å²) in [5.41, 5.74) is 14.6. The van der Waals surface area contributed by atoms with E-state index in [-0.39, 0.29) is 13.5 Å². The Hall–Kier alpha value is -7.97. The lowest BCUT2D eigenvalue weighted by Crippen LogP contribution is -1.96. The zero-order valence-electron chi connectivity index (χ0n) is 39.3. The summed E-state index contributed by atoms with van der Waals surface area (Å²) in [5, 5.41) is 9.85. The highest BCUT2D eigenvalue weighted by Crippen LogP contribution is 2.51. The van der Waals surface area contributed by atoms with Gasteiger partial charge in [-0.15, -0.1) is 0 Å². The molecule has 334 valence electrons. The molecule has 0 N–H and O–H groups in total. The predicted molar refractivity (Wildman–Crippen MR) is 308 cm³/mol. The van der Waals surface area contributed by atoms with Gasteiger partial charge in [0.05, 0.1) is 0 Å². The molecule has 0 heterocycles. The fraction of sp³-hybridized carbons (Fsp3) is 0.0588. The molecular formula is C68H56S. The Bertz CT molecular complexity index is 3490. The topological polar surface area (TPSA) is 0 Å². The van der Waals surface area contributed by atoms with E-state index in [4.69, 9.17) is 0 Å². The molecule has 0 fully saturated rings. The highest BCUT2D eigenvalue weighted by atomic mass is 32.1. The van der Waals surface area contributed by atoms with Gasteiger partial charge in [0, 0.05) is 0 Å². The van der Waals surface area contributed by atoms with Crippen molar-refractivity contribution in [3.8, 4) is 55.6 Å². The Labute approximate surface area is 414 Å². The van der Waals surface area contributed by atoms with Crippen molar-refractivity contribution in [1.29, 1.82) is 0 Å². The van der Waals surface area contributed by atoms with Gasteiger partial charge in [-0.2, -0.15) is 13.5 Å². The average molecular weight is 905 g/mol. The van der Waals surface area contributed by atoms with E-state index in [1.54, 1.807) is 0 Å². The van der Waals surface area contributed by atoms with Gasteiger partial charge in [0.1, 0.15) is 0 Å². The fourth-order valence-electron chi connectivity index (χ4n) is 10.2. The molecule has 0 saturated carbocycles. The van der Waals surface area contributed by atoms with Crippen molar-refractivity contribution in [2.75, 3.05) is 0 Å². The van der Waals surface area contributed by atoms with Crippen LogP contribution in [0.3, 0.4) is 0 Å². The summed E-state index contributed by atoms with van der Waals surface area (Å²) in [6.07, 6.45) is 22.5. The van der Waals surface area contributed by atoms with Crippen LogP contribution in [0.4, 0.5) is 0 Å². The minimum Gasteiger partial charge on any atom is -0.197 e. The molecule has 0 saturated heterocycles. The Morgan fingerprint density at radius 2 is 0.768 bits per heavy atom. The second-order valence-corrected chi connectivity index (χ2v) is 17.0. The van der Waals surface area contributed by atoms with Crippen molar-refractivity contribution in [3.05, 3.63) is 273 Å². The molecule has 0 aliphatic heterocycles. The van der Waals surface area contributed by atoms with Crippen LogP contribution >= 0.6 is 13.5 Å². The first-order chi connectivity index (χ1) is 33.8. The lowest BCUT2D eigenvalue weighted by atomic mass is 9.79. The standard InChI is InChI=1S/C66H48.C2H6.H2S/c1-2-23-49(29-22-26-46-24-6-3-4-7-25-46)51-30-10-12-32-53(51)63-55-34-14-18-38-59(55)65(60-39-19-15-35-56(60)63)66-61-40-20-16-36-57(61)64(58-37-17-21-41-62(58)66)54-33-13-11-31-52(54)50-44-42-48(43-45-50)47-27-8-5-9-28-47;1-2;/h2-25,27-46H,1,26H2;1-2H3;1H2/b29-22-,49-23+;;. The number of benzene rings is 10. The maximum Gasteiger partial charge on any atom is -0.00126 e. The monoisotopic (exact) mass is 904 g/mol. The fourth-order valence-corrected chi connectivity index (χ4v) is 10.2. The Morgan fingerprint density at radius 3 is 1.26 bits per heavy atom. The highest BCUT2D eigenvalue weighted by Gasteiger charge is 2.24. The summed E-state index contributed by atoms with van der Waals surface area (Å²) in [6, 6.07) is 73.7. The lowest BCUT2D eigenvalue weighted by Gasteiger charge is -2.23. The molecule has 10 aromatic carbocycles. The van der Waals surface area contributed by atoms with E-state index >= 15 is 0 Å². The summed E-state index contributed by atoms with van der Waals surface area (Å²) in [7, 11) is 0. The molecule has 0 unspecified atom stereocenters. The van der Waals surface area contributed by atoms with Crippen LogP contribution in [0.25, 0.3) is 104 Å². The summed E-state index contributed by atoms with van der Waals surface area (Å²) in [4.78, 5) is 0.